The lowest BCUT2D eigenvalue weighted by Crippen LogP contribution is -2.35. The van der Waals surface area contributed by atoms with Gasteiger partial charge in [0.05, 0.1) is 7.11 Å². The smallest absolute Gasteiger partial charge is 0.118 e. The maximum atomic E-state index is 5.18. The zero-order chi connectivity index (χ0) is 14.2. The van der Waals surface area contributed by atoms with Crippen LogP contribution in [0.4, 0.5) is 0 Å². The van der Waals surface area contributed by atoms with Gasteiger partial charge in [-0.25, -0.2) is 0 Å². The van der Waals surface area contributed by atoms with Gasteiger partial charge in [0.2, 0.25) is 0 Å². The lowest BCUT2D eigenvalue weighted by Gasteiger charge is -2.18. The average molecular weight is 276 g/mol. The van der Waals surface area contributed by atoms with Crippen molar-refractivity contribution in [2.45, 2.75) is 38.6 Å². The molecule has 1 aliphatic rings. The second-order valence-corrected chi connectivity index (χ2v) is 5.79. The molecule has 1 atom stereocenters. The van der Waals surface area contributed by atoms with Crippen LogP contribution < -0.4 is 10.1 Å². The summed E-state index contributed by atoms with van der Waals surface area (Å²) in [5.41, 5.74) is 1.39. The van der Waals surface area contributed by atoms with E-state index in [4.69, 9.17) is 4.74 Å². The lowest BCUT2D eigenvalue weighted by atomic mass is 10.1. The molecule has 0 spiro atoms. The van der Waals surface area contributed by atoms with Gasteiger partial charge in [0.1, 0.15) is 5.75 Å². The van der Waals surface area contributed by atoms with Crippen molar-refractivity contribution in [3.05, 3.63) is 29.8 Å². The summed E-state index contributed by atoms with van der Waals surface area (Å²) in [6.45, 7) is 7.19. The minimum atomic E-state index is 0.583. The second-order valence-electron chi connectivity index (χ2n) is 5.79. The maximum Gasteiger partial charge on any atom is 0.118 e. The van der Waals surface area contributed by atoms with Crippen LogP contribution in [0.1, 0.15) is 31.7 Å². The van der Waals surface area contributed by atoms with Crippen LogP contribution in [0.2, 0.25) is 0 Å². The Morgan fingerprint density at radius 3 is 2.55 bits per heavy atom. The van der Waals surface area contributed by atoms with Crippen LogP contribution in [-0.2, 0) is 6.42 Å². The number of benzene rings is 1. The normalized spacial score (nSPS) is 17.3. The summed E-state index contributed by atoms with van der Waals surface area (Å²) in [4.78, 5) is 2.56. The van der Waals surface area contributed by atoms with Gasteiger partial charge in [-0.3, -0.25) is 0 Å². The molecule has 1 heterocycles. The van der Waals surface area contributed by atoms with Crippen LogP contribution in [0, 0.1) is 0 Å². The van der Waals surface area contributed by atoms with Crippen molar-refractivity contribution in [2.24, 2.45) is 0 Å². The van der Waals surface area contributed by atoms with E-state index in [0.29, 0.717) is 6.04 Å². The zero-order valence-electron chi connectivity index (χ0n) is 12.9. The molecule has 3 nitrogen and oxygen atoms in total. The Hall–Kier alpha value is -1.06. The minimum absolute atomic E-state index is 0.583. The molecule has 1 N–H and O–H groups in total. The molecular weight excluding hydrogens is 248 g/mol. The van der Waals surface area contributed by atoms with E-state index in [1.165, 1.54) is 44.5 Å². The molecule has 0 radical (unpaired) electrons. The Morgan fingerprint density at radius 1 is 1.20 bits per heavy atom. The Bertz CT molecular complexity index is 371. The van der Waals surface area contributed by atoms with E-state index in [0.717, 1.165) is 18.7 Å². The molecule has 20 heavy (non-hydrogen) atoms. The molecule has 1 fully saturated rings. The number of nitrogens with one attached hydrogen (secondary N) is 1. The van der Waals surface area contributed by atoms with Crippen LogP contribution in [0.25, 0.3) is 0 Å². The summed E-state index contributed by atoms with van der Waals surface area (Å²) in [5, 5.41) is 3.64. The molecule has 3 heteroatoms. The molecule has 112 valence electrons. The highest BCUT2D eigenvalue weighted by molar-refractivity contribution is 5.27. The SMILES string of the molecule is COc1ccc(CCC(C)NCCN2CCCC2)cc1. The Labute approximate surface area is 123 Å². The summed E-state index contributed by atoms with van der Waals surface area (Å²) in [5.74, 6) is 0.936. The highest BCUT2D eigenvalue weighted by Crippen LogP contribution is 2.13. The van der Waals surface area contributed by atoms with Crippen molar-refractivity contribution in [1.82, 2.24) is 10.2 Å². The number of ether oxygens (including phenoxy) is 1. The van der Waals surface area contributed by atoms with Crippen molar-refractivity contribution in [3.63, 3.8) is 0 Å². The Balaban J connectivity index is 1.59. The van der Waals surface area contributed by atoms with Gasteiger partial charge in [0.15, 0.2) is 0 Å². The molecule has 0 aromatic heterocycles. The molecule has 1 aromatic rings. The predicted molar refractivity (Wildman–Crippen MR) is 84.5 cm³/mol. The standard InChI is InChI=1S/C17H28N2O/c1-15(18-11-14-19-12-3-4-13-19)5-6-16-7-9-17(20-2)10-8-16/h7-10,15,18H,3-6,11-14H2,1-2H3. The third-order valence-corrected chi connectivity index (χ3v) is 4.14. The molecule has 0 bridgehead atoms. The molecule has 0 saturated carbocycles. The molecule has 1 aromatic carbocycles. The monoisotopic (exact) mass is 276 g/mol. The van der Waals surface area contributed by atoms with E-state index in [1.807, 2.05) is 12.1 Å². The first-order chi connectivity index (χ1) is 9.78. The van der Waals surface area contributed by atoms with Gasteiger partial charge in [-0.15, -0.1) is 0 Å². The average Bonchev–Trinajstić information content (AvgIpc) is 2.99. The maximum absolute atomic E-state index is 5.18. The fourth-order valence-corrected chi connectivity index (χ4v) is 2.75. The quantitative estimate of drug-likeness (QED) is 0.790. The summed E-state index contributed by atoms with van der Waals surface area (Å²) in [6, 6.07) is 8.99. The summed E-state index contributed by atoms with van der Waals surface area (Å²) >= 11 is 0. The number of hydrogen-bond donors (Lipinski definition) is 1. The molecule has 1 aliphatic heterocycles. The first-order valence-electron chi connectivity index (χ1n) is 7.86. The second kappa shape index (κ2) is 8.28. The number of likely N-dealkylation sites (tertiary alicyclic amines) is 1. The topological polar surface area (TPSA) is 24.5 Å². The fourth-order valence-electron chi connectivity index (χ4n) is 2.75. The van der Waals surface area contributed by atoms with Crippen molar-refractivity contribution in [1.29, 1.82) is 0 Å². The summed E-state index contributed by atoms with van der Waals surface area (Å²) in [7, 11) is 1.71. The summed E-state index contributed by atoms with van der Waals surface area (Å²) < 4.78 is 5.18. The lowest BCUT2D eigenvalue weighted by molar-refractivity contribution is 0.327. The largest absolute Gasteiger partial charge is 0.497 e. The molecular formula is C17H28N2O. The van der Waals surface area contributed by atoms with Crippen LogP contribution in [0.15, 0.2) is 24.3 Å². The molecule has 0 amide bonds. The Kier molecular flexibility index (Phi) is 6.34. The first kappa shape index (κ1) is 15.3. The van der Waals surface area contributed by atoms with Crippen molar-refractivity contribution in [2.75, 3.05) is 33.3 Å². The van der Waals surface area contributed by atoms with Crippen LogP contribution in [0.3, 0.4) is 0 Å². The fraction of sp³-hybridized carbons (Fsp3) is 0.647. The number of rotatable bonds is 8. The van der Waals surface area contributed by atoms with Crippen LogP contribution in [-0.4, -0.2) is 44.2 Å². The highest BCUT2D eigenvalue weighted by Gasteiger charge is 2.10. The van der Waals surface area contributed by atoms with Gasteiger partial charge in [-0.2, -0.15) is 0 Å². The van der Waals surface area contributed by atoms with E-state index in [9.17, 15) is 0 Å². The molecule has 0 aliphatic carbocycles. The first-order valence-corrected chi connectivity index (χ1v) is 7.86. The predicted octanol–water partition coefficient (Wildman–Crippen LogP) is 2.70. The highest BCUT2D eigenvalue weighted by atomic mass is 16.5. The van der Waals surface area contributed by atoms with Gasteiger partial charge >= 0.3 is 0 Å². The van der Waals surface area contributed by atoms with E-state index in [1.54, 1.807) is 7.11 Å². The molecule has 2 rings (SSSR count). The van der Waals surface area contributed by atoms with E-state index in [2.05, 4.69) is 29.3 Å². The molecule has 1 saturated heterocycles. The number of aryl methyl sites for hydroxylation is 1. The van der Waals surface area contributed by atoms with Crippen molar-refractivity contribution in [3.8, 4) is 5.75 Å². The van der Waals surface area contributed by atoms with E-state index in [-0.39, 0.29) is 0 Å². The van der Waals surface area contributed by atoms with Gasteiger partial charge in [0.25, 0.3) is 0 Å². The Morgan fingerprint density at radius 2 is 1.90 bits per heavy atom. The van der Waals surface area contributed by atoms with Gasteiger partial charge in [-0.1, -0.05) is 12.1 Å². The minimum Gasteiger partial charge on any atom is -0.497 e. The summed E-state index contributed by atoms with van der Waals surface area (Å²) in [6.07, 6.45) is 5.08. The zero-order valence-corrected chi connectivity index (χ0v) is 12.9. The van der Waals surface area contributed by atoms with Crippen molar-refractivity contribution < 1.29 is 4.74 Å². The third kappa shape index (κ3) is 5.14. The van der Waals surface area contributed by atoms with Gasteiger partial charge in [0, 0.05) is 19.1 Å². The van der Waals surface area contributed by atoms with Crippen LogP contribution in [0.5, 0.6) is 5.75 Å². The van der Waals surface area contributed by atoms with E-state index >= 15 is 0 Å². The molecule has 1 unspecified atom stereocenters. The number of methoxy groups -OCH3 is 1. The van der Waals surface area contributed by atoms with Crippen molar-refractivity contribution >= 4 is 0 Å². The number of nitrogens with zero attached hydrogens (tertiary/aromatic N) is 1. The van der Waals surface area contributed by atoms with Crippen LogP contribution >= 0.6 is 0 Å². The number of hydrogen-bond acceptors (Lipinski definition) is 3. The van der Waals surface area contributed by atoms with Gasteiger partial charge < -0.3 is 15.0 Å². The van der Waals surface area contributed by atoms with E-state index < -0.39 is 0 Å². The third-order valence-electron chi connectivity index (χ3n) is 4.14. The van der Waals surface area contributed by atoms with Gasteiger partial charge in [-0.05, 0) is 63.4 Å².